The van der Waals surface area contributed by atoms with Crippen LogP contribution in [0.15, 0.2) is 24.3 Å². The minimum absolute atomic E-state index is 0.149. The van der Waals surface area contributed by atoms with Crippen LogP contribution in [-0.2, 0) is 15.9 Å². The highest BCUT2D eigenvalue weighted by molar-refractivity contribution is 6.06. The summed E-state index contributed by atoms with van der Waals surface area (Å²) in [6, 6.07) is 9.10. The van der Waals surface area contributed by atoms with E-state index in [0.717, 1.165) is 5.56 Å². The summed E-state index contributed by atoms with van der Waals surface area (Å²) in [4.78, 5) is 27.7. The molecule has 1 heterocycles. The Morgan fingerprint density at radius 3 is 2.50 bits per heavy atom. The Kier molecular flexibility index (Phi) is 6.53. The number of hydrogen-bond donors (Lipinski definition) is 2. The topological polar surface area (TPSA) is 104 Å². The summed E-state index contributed by atoms with van der Waals surface area (Å²) in [5.74, 6) is -0.845. The van der Waals surface area contributed by atoms with Crippen LogP contribution in [0.25, 0.3) is 0 Å². The fourth-order valence-electron chi connectivity index (χ4n) is 2.56. The molecule has 0 saturated carbocycles. The molecule has 0 radical (unpaired) electrons. The van der Waals surface area contributed by atoms with E-state index in [1.807, 2.05) is 0 Å². The Bertz CT molecular complexity index is 832. The van der Waals surface area contributed by atoms with Gasteiger partial charge in [0.05, 0.1) is 24.7 Å². The molecule has 0 bridgehead atoms. The van der Waals surface area contributed by atoms with Gasteiger partial charge in [-0.15, -0.1) is 0 Å². The van der Waals surface area contributed by atoms with Crippen molar-refractivity contribution in [3.05, 3.63) is 52.3 Å². The first-order valence-electron chi connectivity index (χ1n) is 8.10. The number of aromatic amines is 1. The SMILES string of the molecule is COCCOC(=O)c1c(C)[nH]c(C(=O)Nc2ccc(CC#N)cc2)c1C. The molecule has 0 atom stereocenters. The fourth-order valence-corrected chi connectivity index (χ4v) is 2.56. The minimum atomic E-state index is -0.492. The number of carbonyl (C=O) groups excluding carboxylic acids is 2. The number of nitrogens with one attached hydrogen (secondary N) is 2. The number of aryl methyl sites for hydroxylation is 1. The van der Waals surface area contributed by atoms with Gasteiger partial charge in [0.2, 0.25) is 0 Å². The van der Waals surface area contributed by atoms with Crippen molar-refractivity contribution >= 4 is 17.6 Å². The maximum atomic E-state index is 12.5. The van der Waals surface area contributed by atoms with Gasteiger partial charge in [0, 0.05) is 18.5 Å². The number of amides is 1. The molecule has 2 rings (SSSR count). The molecule has 0 fully saturated rings. The summed E-state index contributed by atoms with van der Waals surface area (Å²) >= 11 is 0. The second-order valence-corrected chi connectivity index (χ2v) is 5.74. The van der Waals surface area contributed by atoms with Crippen molar-refractivity contribution in [3.8, 4) is 6.07 Å². The molecule has 1 amide bonds. The van der Waals surface area contributed by atoms with Crippen LogP contribution in [0.2, 0.25) is 0 Å². The van der Waals surface area contributed by atoms with Crippen LogP contribution < -0.4 is 5.32 Å². The number of esters is 1. The van der Waals surface area contributed by atoms with Gasteiger partial charge in [-0.05, 0) is 37.1 Å². The number of methoxy groups -OCH3 is 1. The number of rotatable bonds is 7. The van der Waals surface area contributed by atoms with E-state index in [9.17, 15) is 9.59 Å². The van der Waals surface area contributed by atoms with Gasteiger partial charge in [-0.2, -0.15) is 5.26 Å². The lowest BCUT2D eigenvalue weighted by atomic mass is 10.1. The monoisotopic (exact) mass is 355 g/mol. The molecule has 1 aromatic carbocycles. The highest BCUT2D eigenvalue weighted by atomic mass is 16.6. The van der Waals surface area contributed by atoms with Gasteiger partial charge in [0.1, 0.15) is 12.3 Å². The summed E-state index contributed by atoms with van der Waals surface area (Å²) < 4.78 is 9.99. The van der Waals surface area contributed by atoms with Crippen LogP contribution in [0.5, 0.6) is 0 Å². The van der Waals surface area contributed by atoms with Gasteiger partial charge < -0.3 is 19.8 Å². The average molecular weight is 355 g/mol. The van der Waals surface area contributed by atoms with Crippen molar-refractivity contribution in [2.45, 2.75) is 20.3 Å². The Labute approximate surface area is 151 Å². The van der Waals surface area contributed by atoms with Crippen molar-refractivity contribution in [2.24, 2.45) is 0 Å². The summed E-state index contributed by atoms with van der Waals surface area (Å²) in [6.07, 6.45) is 0.317. The number of benzene rings is 1. The quantitative estimate of drug-likeness (QED) is 0.587. The third-order valence-corrected chi connectivity index (χ3v) is 3.88. The van der Waals surface area contributed by atoms with Crippen LogP contribution in [0.4, 0.5) is 5.69 Å². The third kappa shape index (κ3) is 4.49. The minimum Gasteiger partial charge on any atom is -0.460 e. The highest BCUT2D eigenvalue weighted by Gasteiger charge is 2.23. The Hall–Kier alpha value is -3.11. The molecule has 26 heavy (non-hydrogen) atoms. The molecular weight excluding hydrogens is 334 g/mol. The zero-order chi connectivity index (χ0) is 19.1. The number of carbonyl (C=O) groups is 2. The smallest absolute Gasteiger partial charge is 0.340 e. The molecule has 136 valence electrons. The predicted octanol–water partition coefficient (Wildman–Crippen LogP) is 2.75. The summed E-state index contributed by atoms with van der Waals surface area (Å²) in [6.45, 7) is 3.87. The molecule has 0 aliphatic rings. The van der Waals surface area contributed by atoms with E-state index in [1.54, 1.807) is 38.1 Å². The molecule has 1 aromatic heterocycles. The van der Waals surface area contributed by atoms with Crippen LogP contribution >= 0.6 is 0 Å². The molecule has 0 aliphatic carbocycles. The molecule has 2 aromatic rings. The van der Waals surface area contributed by atoms with Crippen molar-refractivity contribution in [1.82, 2.24) is 4.98 Å². The number of hydrogen-bond acceptors (Lipinski definition) is 5. The van der Waals surface area contributed by atoms with Crippen LogP contribution in [0.1, 0.15) is 37.7 Å². The lowest BCUT2D eigenvalue weighted by molar-refractivity contribution is 0.0387. The number of anilines is 1. The van der Waals surface area contributed by atoms with E-state index in [-0.39, 0.29) is 12.5 Å². The maximum Gasteiger partial charge on any atom is 0.340 e. The molecule has 0 aliphatic heterocycles. The molecule has 2 N–H and O–H groups in total. The summed E-state index contributed by atoms with van der Waals surface area (Å²) in [7, 11) is 1.52. The first-order chi connectivity index (χ1) is 12.5. The molecular formula is C19H21N3O4. The van der Waals surface area contributed by atoms with E-state index >= 15 is 0 Å². The highest BCUT2D eigenvalue weighted by Crippen LogP contribution is 2.20. The number of aromatic nitrogens is 1. The van der Waals surface area contributed by atoms with Gasteiger partial charge in [-0.1, -0.05) is 12.1 Å². The number of nitrogens with zero attached hydrogens (tertiary/aromatic N) is 1. The van der Waals surface area contributed by atoms with Crippen molar-refractivity contribution in [1.29, 1.82) is 5.26 Å². The van der Waals surface area contributed by atoms with E-state index < -0.39 is 5.97 Å². The van der Waals surface area contributed by atoms with E-state index in [0.29, 0.717) is 41.2 Å². The van der Waals surface area contributed by atoms with E-state index in [4.69, 9.17) is 14.7 Å². The van der Waals surface area contributed by atoms with Crippen LogP contribution in [0, 0.1) is 25.2 Å². The molecule has 0 saturated heterocycles. The van der Waals surface area contributed by atoms with Crippen LogP contribution in [0.3, 0.4) is 0 Å². The second kappa shape index (κ2) is 8.83. The number of H-pyrrole nitrogens is 1. The predicted molar refractivity (Wildman–Crippen MR) is 96.1 cm³/mol. The molecule has 0 unspecified atom stereocenters. The largest absolute Gasteiger partial charge is 0.460 e. The first-order valence-corrected chi connectivity index (χ1v) is 8.10. The standard InChI is InChI=1S/C19H21N3O4/c1-12-16(19(24)26-11-10-25-3)13(2)21-17(12)18(23)22-15-6-4-14(5-7-15)8-9-20/h4-7,21H,8,10-11H2,1-3H3,(H,22,23). The zero-order valence-electron chi connectivity index (χ0n) is 15.0. The van der Waals surface area contributed by atoms with Gasteiger partial charge in [-0.3, -0.25) is 4.79 Å². The lowest BCUT2D eigenvalue weighted by Crippen LogP contribution is -2.14. The molecule has 0 spiro atoms. The normalized spacial score (nSPS) is 10.2. The second-order valence-electron chi connectivity index (χ2n) is 5.74. The van der Waals surface area contributed by atoms with Gasteiger partial charge in [0.15, 0.2) is 0 Å². The summed E-state index contributed by atoms with van der Waals surface area (Å²) in [5, 5.41) is 11.5. The number of ether oxygens (including phenoxy) is 2. The fraction of sp³-hybridized carbons (Fsp3) is 0.316. The summed E-state index contributed by atoms with van der Waals surface area (Å²) in [5.41, 5.74) is 3.24. The molecule has 7 nitrogen and oxygen atoms in total. The molecule has 7 heteroatoms. The van der Waals surface area contributed by atoms with Gasteiger partial charge in [0.25, 0.3) is 5.91 Å². The van der Waals surface area contributed by atoms with E-state index in [2.05, 4.69) is 16.4 Å². The van der Waals surface area contributed by atoms with Gasteiger partial charge >= 0.3 is 5.97 Å². The first kappa shape index (κ1) is 19.2. The van der Waals surface area contributed by atoms with Crippen molar-refractivity contribution in [3.63, 3.8) is 0 Å². The van der Waals surface area contributed by atoms with Gasteiger partial charge in [-0.25, -0.2) is 4.79 Å². The zero-order valence-corrected chi connectivity index (χ0v) is 15.0. The number of nitriles is 1. The van der Waals surface area contributed by atoms with E-state index in [1.165, 1.54) is 7.11 Å². The Balaban J connectivity index is 2.13. The Morgan fingerprint density at radius 2 is 1.88 bits per heavy atom. The van der Waals surface area contributed by atoms with Crippen LogP contribution in [-0.4, -0.2) is 37.2 Å². The van der Waals surface area contributed by atoms with Crippen molar-refractivity contribution in [2.75, 3.05) is 25.6 Å². The Morgan fingerprint density at radius 1 is 1.19 bits per heavy atom. The van der Waals surface area contributed by atoms with Crippen molar-refractivity contribution < 1.29 is 19.1 Å². The third-order valence-electron chi connectivity index (χ3n) is 3.88. The average Bonchev–Trinajstić information content (AvgIpc) is 2.91. The lowest BCUT2D eigenvalue weighted by Gasteiger charge is -2.06. The maximum absolute atomic E-state index is 12.5.